The van der Waals surface area contributed by atoms with Crippen molar-refractivity contribution in [3.05, 3.63) is 48.3 Å². The zero-order valence-corrected chi connectivity index (χ0v) is 14.1. The SMILES string of the molecule is c1ccc(CN2CCN(c3cc(N4CCCC4)ncn3)CC2)cc1. The molecule has 2 aromatic rings. The van der Waals surface area contributed by atoms with Gasteiger partial charge in [0.15, 0.2) is 0 Å². The molecule has 0 spiro atoms. The van der Waals surface area contributed by atoms with Crippen molar-refractivity contribution in [1.82, 2.24) is 14.9 Å². The molecule has 0 N–H and O–H groups in total. The van der Waals surface area contributed by atoms with Crippen LogP contribution in [0.3, 0.4) is 0 Å². The van der Waals surface area contributed by atoms with E-state index < -0.39 is 0 Å². The average molecular weight is 323 g/mol. The first-order valence-electron chi connectivity index (χ1n) is 8.97. The Balaban J connectivity index is 1.36. The van der Waals surface area contributed by atoms with E-state index >= 15 is 0 Å². The third kappa shape index (κ3) is 3.51. The normalized spacial score (nSPS) is 19.0. The molecule has 0 aliphatic carbocycles. The Bertz CT molecular complexity index is 646. The van der Waals surface area contributed by atoms with Crippen LogP contribution in [0.25, 0.3) is 0 Å². The number of aromatic nitrogens is 2. The molecule has 5 heteroatoms. The van der Waals surface area contributed by atoms with Gasteiger partial charge in [0, 0.05) is 51.9 Å². The molecule has 0 unspecified atom stereocenters. The lowest BCUT2D eigenvalue weighted by Gasteiger charge is -2.35. The summed E-state index contributed by atoms with van der Waals surface area (Å²) in [5, 5.41) is 0. The van der Waals surface area contributed by atoms with Gasteiger partial charge in [0.25, 0.3) is 0 Å². The predicted molar refractivity (Wildman–Crippen MR) is 97.4 cm³/mol. The van der Waals surface area contributed by atoms with E-state index in [1.54, 1.807) is 6.33 Å². The number of hydrogen-bond acceptors (Lipinski definition) is 5. The maximum Gasteiger partial charge on any atom is 0.134 e. The Morgan fingerprint density at radius 3 is 2.04 bits per heavy atom. The van der Waals surface area contributed by atoms with E-state index in [-0.39, 0.29) is 0 Å². The van der Waals surface area contributed by atoms with Crippen molar-refractivity contribution >= 4 is 11.6 Å². The summed E-state index contributed by atoms with van der Waals surface area (Å²) in [6.07, 6.45) is 4.27. The zero-order chi connectivity index (χ0) is 16.2. The van der Waals surface area contributed by atoms with Crippen LogP contribution in [-0.2, 0) is 6.54 Å². The van der Waals surface area contributed by atoms with E-state index in [0.717, 1.165) is 57.4 Å². The number of rotatable bonds is 4. The van der Waals surface area contributed by atoms with E-state index in [9.17, 15) is 0 Å². The third-order valence-corrected chi connectivity index (χ3v) is 5.01. The molecule has 2 aliphatic heterocycles. The second-order valence-corrected chi connectivity index (χ2v) is 6.68. The molecule has 0 radical (unpaired) electrons. The minimum Gasteiger partial charge on any atom is -0.356 e. The Morgan fingerprint density at radius 2 is 1.38 bits per heavy atom. The molecule has 3 heterocycles. The highest BCUT2D eigenvalue weighted by molar-refractivity contribution is 5.50. The summed E-state index contributed by atoms with van der Waals surface area (Å²) in [6.45, 7) is 7.52. The molecule has 4 rings (SSSR count). The van der Waals surface area contributed by atoms with Gasteiger partial charge >= 0.3 is 0 Å². The van der Waals surface area contributed by atoms with Crippen molar-refractivity contribution in [1.29, 1.82) is 0 Å². The summed E-state index contributed by atoms with van der Waals surface area (Å²) >= 11 is 0. The van der Waals surface area contributed by atoms with Gasteiger partial charge in [-0.05, 0) is 18.4 Å². The molecular formula is C19H25N5. The molecule has 1 aromatic heterocycles. The fraction of sp³-hybridized carbons (Fsp3) is 0.474. The van der Waals surface area contributed by atoms with Gasteiger partial charge in [-0.2, -0.15) is 0 Å². The van der Waals surface area contributed by atoms with Crippen LogP contribution in [0.15, 0.2) is 42.7 Å². The van der Waals surface area contributed by atoms with Crippen molar-refractivity contribution < 1.29 is 0 Å². The largest absolute Gasteiger partial charge is 0.356 e. The van der Waals surface area contributed by atoms with E-state index in [1.807, 2.05) is 0 Å². The number of hydrogen-bond donors (Lipinski definition) is 0. The smallest absolute Gasteiger partial charge is 0.134 e. The first kappa shape index (κ1) is 15.4. The van der Waals surface area contributed by atoms with Crippen LogP contribution in [0.4, 0.5) is 11.6 Å². The first-order chi connectivity index (χ1) is 11.9. The first-order valence-corrected chi connectivity index (χ1v) is 8.97. The zero-order valence-electron chi connectivity index (χ0n) is 14.1. The van der Waals surface area contributed by atoms with Crippen molar-refractivity contribution in [3.8, 4) is 0 Å². The molecule has 0 atom stereocenters. The van der Waals surface area contributed by atoms with E-state index in [0.29, 0.717) is 0 Å². The van der Waals surface area contributed by atoms with Crippen LogP contribution in [0.5, 0.6) is 0 Å². The van der Waals surface area contributed by atoms with Crippen molar-refractivity contribution in [2.24, 2.45) is 0 Å². The molecule has 2 fully saturated rings. The van der Waals surface area contributed by atoms with Gasteiger partial charge in [-0.1, -0.05) is 30.3 Å². The molecular weight excluding hydrogens is 298 g/mol. The lowest BCUT2D eigenvalue weighted by Crippen LogP contribution is -2.46. The summed E-state index contributed by atoms with van der Waals surface area (Å²) in [7, 11) is 0. The van der Waals surface area contributed by atoms with E-state index in [1.165, 1.54) is 18.4 Å². The maximum absolute atomic E-state index is 4.51. The number of anilines is 2. The molecule has 1 aromatic carbocycles. The Labute approximate surface area is 143 Å². The topological polar surface area (TPSA) is 35.5 Å². The minimum absolute atomic E-state index is 1.03. The molecule has 24 heavy (non-hydrogen) atoms. The Kier molecular flexibility index (Phi) is 4.60. The maximum atomic E-state index is 4.51. The van der Waals surface area contributed by atoms with Crippen LogP contribution < -0.4 is 9.80 Å². The summed E-state index contributed by atoms with van der Waals surface area (Å²) in [5.41, 5.74) is 1.39. The highest BCUT2D eigenvalue weighted by atomic mass is 15.3. The van der Waals surface area contributed by atoms with Crippen LogP contribution in [0, 0.1) is 0 Å². The summed E-state index contributed by atoms with van der Waals surface area (Å²) in [6, 6.07) is 12.9. The lowest BCUT2D eigenvalue weighted by atomic mass is 10.2. The fourth-order valence-electron chi connectivity index (χ4n) is 3.61. The number of piperazine rings is 1. The summed E-state index contributed by atoms with van der Waals surface area (Å²) in [5.74, 6) is 2.16. The molecule has 5 nitrogen and oxygen atoms in total. The van der Waals surface area contributed by atoms with Crippen molar-refractivity contribution in [2.75, 3.05) is 49.1 Å². The highest BCUT2D eigenvalue weighted by Gasteiger charge is 2.20. The van der Waals surface area contributed by atoms with E-state index in [4.69, 9.17) is 0 Å². The molecule has 0 bridgehead atoms. The van der Waals surface area contributed by atoms with Gasteiger partial charge in [-0.15, -0.1) is 0 Å². The van der Waals surface area contributed by atoms with Crippen LogP contribution in [-0.4, -0.2) is 54.1 Å². The Hall–Kier alpha value is -2.14. The summed E-state index contributed by atoms with van der Waals surface area (Å²) in [4.78, 5) is 16.3. The predicted octanol–water partition coefficient (Wildman–Crippen LogP) is 2.40. The highest BCUT2D eigenvalue weighted by Crippen LogP contribution is 2.22. The average Bonchev–Trinajstić information content (AvgIpc) is 3.18. The second kappa shape index (κ2) is 7.18. The number of nitrogens with zero attached hydrogens (tertiary/aromatic N) is 5. The molecule has 2 saturated heterocycles. The molecule has 0 saturated carbocycles. The summed E-state index contributed by atoms with van der Waals surface area (Å²) < 4.78 is 0. The molecule has 2 aliphatic rings. The second-order valence-electron chi connectivity index (χ2n) is 6.68. The Morgan fingerprint density at radius 1 is 0.750 bits per heavy atom. The van der Waals surface area contributed by atoms with Gasteiger partial charge in [0.05, 0.1) is 0 Å². The van der Waals surface area contributed by atoms with Gasteiger partial charge in [-0.3, -0.25) is 4.90 Å². The molecule has 126 valence electrons. The lowest BCUT2D eigenvalue weighted by molar-refractivity contribution is 0.249. The molecule has 0 amide bonds. The van der Waals surface area contributed by atoms with Gasteiger partial charge in [0.1, 0.15) is 18.0 Å². The quantitative estimate of drug-likeness (QED) is 0.863. The standard InChI is InChI=1S/C19H25N5/c1-2-6-17(7-3-1)15-22-10-12-24(13-11-22)19-14-18(20-16-21-19)23-8-4-5-9-23/h1-3,6-7,14,16H,4-5,8-13,15H2. The van der Waals surface area contributed by atoms with E-state index in [2.05, 4.69) is 61.1 Å². The number of benzene rings is 1. The fourth-order valence-corrected chi connectivity index (χ4v) is 3.61. The van der Waals surface area contributed by atoms with Gasteiger partial charge < -0.3 is 9.80 Å². The van der Waals surface area contributed by atoms with Crippen LogP contribution in [0.2, 0.25) is 0 Å². The van der Waals surface area contributed by atoms with Gasteiger partial charge in [0.2, 0.25) is 0 Å². The van der Waals surface area contributed by atoms with Crippen LogP contribution in [0.1, 0.15) is 18.4 Å². The minimum atomic E-state index is 1.03. The van der Waals surface area contributed by atoms with Crippen molar-refractivity contribution in [2.45, 2.75) is 19.4 Å². The monoisotopic (exact) mass is 323 g/mol. The third-order valence-electron chi connectivity index (χ3n) is 5.01. The van der Waals surface area contributed by atoms with Crippen molar-refractivity contribution in [3.63, 3.8) is 0 Å². The van der Waals surface area contributed by atoms with Crippen LogP contribution >= 0.6 is 0 Å². The van der Waals surface area contributed by atoms with Gasteiger partial charge in [-0.25, -0.2) is 9.97 Å².